The second kappa shape index (κ2) is 4.98. The highest BCUT2D eigenvalue weighted by Gasteiger charge is 2.31. The van der Waals surface area contributed by atoms with Crippen molar-refractivity contribution in [2.24, 2.45) is 0 Å². The van der Waals surface area contributed by atoms with E-state index in [2.05, 4.69) is 0 Å². The lowest BCUT2D eigenvalue weighted by molar-refractivity contribution is -0.131. The van der Waals surface area contributed by atoms with E-state index in [1.807, 2.05) is 34.5 Å². The van der Waals surface area contributed by atoms with Crippen LogP contribution in [-0.4, -0.2) is 17.4 Å². The molecular formula is C14H15NO2S. The van der Waals surface area contributed by atoms with Crippen molar-refractivity contribution in [1.29, 1.82) is 0 Å². The first-order valence-corrected chi connectivity index (χ1v) is 7.08. The van der Waals surface area contributed by atoms with Crippen LogP contribution < -0.4 is 0 Å². The van der Waals surface area contributed by atoms with Crippen LogP contribution in [0, 0.1) is 0 Å². The molecule has 1 aliphatic heterocycles. The number of hydrogen-bond donors (Lipinski definition) is 0. The molecule has 3 rings (SSSR count). The largest absolute Gasteiger partial charge is 0.467 e. The zero-order valence-electron chi connectivity index (χ0n) is 10.0. The smallest absolute Gasteiger partial charge is 0.228 e. The van der Waals surface area contributed by atoms with E-state index < -0.39 is 0 Å². The van der Waals surface area contributed by atoms with Crippen molar-refractivity contribution in [3.8, 4) is 0 Å². The van der Waals surface area contributed by atoms with Crippen LogP contribution in [0.5, 0.6) is 0 Å². The van der Waals surface area contributed by atoms with E-state index in [0.717, 1.165) is 30.0 Å². The maximum atomic E-state index is 12.3. The quantitative estimate of drug-likeness (QED) is 0.849. The molecule has 0 N–H and O–H groups in total. The lowest BCUT2D eigenvalue weighted by atomic mass is 10.1. The second-order valence-corrected chi connectivity index (χ2v) is 5.55. The van der Waals surface area contributed by atoms with Crippen LogP contribution in [0.25, 0.3) is 0 Å². The van der Waals surface area contributed by atoms with Gasteiger partial charge in [-0.15, -0.1) is 11.3 Å². The standard InChI is InChI=1S/C14H15NO2S/c16-14(10-11-4-3-9-18-11)15-7-1-5-12(15)13-6-2-8-17-13/h2-4,6,8-9,12H,1,5,7,10H2. The molecule has 1 unspecified atom stereocenters. The SMILES string of the molecule is O=C(Cc1cccs1)N1CCCC1c1ccco1. The molecule has 0 radical (unpaired) electrons. The summed E-state index contributed by atoms with van der Waals surface area (Å²) in [6, 6.07) is 7.98. The highest BCUT2D eigenvalue weighted by Crippen LogP contribution is 2.32. The van der Waals surface area contributed by atoms with Gasteiger partial charge in [0, 0.05) is 11.4 Å². The first kappa shape index (κ1) is 11.5. The molecule has 1 aliphatic rings. The number of hydrogen-bond acceptors (Lipinski definition) is 3. The third-order valence-electron chi connectivity index (χ3n) is 3.35. The van der Waals surface area contributed by atoms with Crippen molar-refractivity contribution in [2.45, 2.75) is 25.3 Å². The van der Waals surface area contributed by atoms with Crippen LogP contribution in [-0.2, 0) is 11.2 Å². The highest BCUT2D eigenvalue weighted by molar-refractivity contribution is 7.10. The van der Waals surface area contributed by atoms with Gasteiger partial charge in [0.25, 0.3) is 0 Å². The van der Waals surface area contributed by atoms with E-state index in [1.165, 1.54) is 0 Å². The Morgan fingerprint density at radius 1 is 1.44 bits per heavy atom. The number of rotatable bonds is 3. The van der Waals surface area contributed by atoms with Gasteiger partial charge in [0.1, 0.15) is 5.76 Å². The van der Waals surface area contributed by atoms with Crippen molar-refractivity contribution < 1.29 is 9.21 Å². The average Bonchev–Trinajstić information content (AvgIpc) is 3.11. The molecule has 0 bridgehead atoms. The van der Waals surface area contributed by atoms with Crippen LogP contribution in [0.15, 0.2) is 40.3 Å². The Morgan fingerprint density at radius 2 is 2.39 bits per heavy atom. The Bertz CT molecular complexity index is 504. The van der Waals surface area contributed by atoms with Gasteiger partial charge in [-0.25, -0.2) is 0 Å². The first-order chi connectivity index (χ1) is 8.84. The van der Waals surface area contributed by atoms with Crippen LogP contribution in [0.3, 0.4) is 0 Å². The minimum Gasteiger partial charge on any atom is -0.467 e. The number of carbonyl (C=O) groups is 1. The van der Waals surface area contributed by atoms with Crippen LogP contribution in [0.4, 0.5) is 0 Å². The number of likely N-dealkylation sites (tertiary alicyclic amines) is 1. The molecule has 18 heavy (non-hydrogen) atoms. The molecule has 1 saturated heterocycles. The summed E-state index contributed by atoms with van der Waals surface area (Å²) in [7, 11) is 0. The molecule has 0 aliphatic carbocycles. The fourth-order valence-electron chi connectivity index (χ4n) is 2.51. The Morgan fingerprint density at radius 3 is 3.11 bits per heavy atom. The Hall–Kier alpha value is -1.55. The van der Waals surface area contributed by atoms with E-state index in [-0.39, 0.29) is 11.9 Å². The Balaban J connectivity index is 1.73. The molecule has 1 amide bonds. The fraction of sp³-hybridized carbons (Fsp3) is 0.357. The summed E-state index contributed by atoms with van der Waals surface area (Å²) in [4.78, 5) is 15.4. The number of thiophene rings is 1. The van der Waals surface area contributed by atoms with E-state index in [1.54, 1.807) is 17.6 Å². The van der Waals surface area contributed by atoms with Gasteiger partial charge in [0.2, 0.25) is 5.91 Å². The molecule has 94 valence electrons. The molecule has 0 spiro atoms. The molecule has 3 nitrogen and oxygen atoms in total. The Labute approximate surface area is 110 Å². The normalized spacial score (nSPS) is 19.3. The van der Waals surface area contributed by atoms with E-state index in [0.29, 0.717) is 6.42 Å². The molecular weight excluding hydrogens is 246 g/mol. The summed E-state index contributed by atoms with van der Waals surface area (Å²) in [5, 5.41) is 2.01. The van der Waals surface area contributed by atoms with Crippen molar-refractivity contribution in [1.82, 2.24) is 4.90 Å². The van der Waals surface area contributed by atoms with Gasteiger partial charge >= 0.3 is 0 Å². The van der Waals surface area contributed by atoms with Gasteiger partial charge in [0.05, 0.1) is 18.7 Å². The Kier molecular flexibility index (Phi) is 3.19. The molecule has 3 heterocycles. The minimum absolute atomic E-state index is 0.132. The molecule has 1 fully saturated rings. The summed E-state index contributed by atoms with van der Waals surface area (Å²) in [5.41, 5.74) is 0. The van der Waals surface area contributed by atoms with Crippen LogP contribution >= 0.6 is 11.3 Å². The molecule has 2 aromatic heterocycles. The number of furan rings is 1. The summed E-state index contributed by atoms with van der Waals surface area (Å²) in [6.45, 7) is 0.843. The van der Waals surface area contributed by atoms with Gasteiger partial charge in [-0.2, -0.15) is 0 Å². The van der Waals surface area contributed by atoms with Crippen molar-refractivity contribution in [2.75, 3.05) is 6.54 Å². The van der Waals surface area contributed by atoms with E-state index in [9.17, 15) is 4.79 Å². The predicted octanol–water partition coefficient (Wildman–Crippen LogP) is 3.25. The third kappa shape index (κ3) is 2.20. The zero-order chi connectivity index (χ0) is 12.4. The van der Waals surface area contributed by atoms with Gasteiger partial charge in [0.15, 0.2) is 0 Å². The maximum Gasteiger partial charge on any atom is 0.228 e. The van der Waals surface area contributed by atoms with Crippen molar-refractivity contribution in [3.05, 3.63) is 46.5 Å². The third-order valence-corrected chi connectivity index (χ3v) is 4.23. The molecule has 2 aromatic rings. The summed E-state index contributed by atoms with van der Waals surface area (Å²) in [6.07, 6.45) is 4.25. The van der Waals surface area contributed by atoms with E-state index >= 15 is 0 Å². The number of nitrogens with zero attached hydrogens (tertiary/aromatic N) is 1. The zero-order valence-corrected chi connectivity index (χ0v) is 10.9. The van der Waals surface area contributed by atoms with Gasteiger partial charge in [-0.1, -0.05) is 6.07 Å². The summed E-state index contributed by atoms with van der Waals surface area (Å²) >= 11 is 1.64. The van der Waals surface area contributed by atoms with Crippen molar-refractivity contribution >= 4 is 17.2 Å². The van der Waals surface area contributed by atoms with Gasteiger partial charge in [-0.3, -0.25) is 4.79 Å². The maximum absolute atomic E-state index is 12.3. The monoisotopic (exact) mass is 261 g/mol. The average molecular weight is 261 g/mol. The topological polar surface area (TPSA) is 33.5 Å². The molecule has 0 saturated carbocycles. The second-order valence-electron chi connectivity index (χ2n) is 4.52. The lowest BCUT2D eigenvalue weighted by Crippen LogP contribution is -2.31. The summed E-state index contributed by atoms with van der Waals surface area (Å²) in [5.74, 6) is 1.11. The van der Waals surface area contributed by atoms with Crippen LogP contribution in [0.1, 0.15) is 29.5 Å². The lowest BCUT2D eigenvalue weighted by Gasteiger charge is -2.22. The fourth-order valence-corrected chi connectivity index (χ4v) is 3.20. The molecule has 0 aromatic carbocycles. The molecule has 4 heteroatoms. The number of carbonyl (C=O) groups excluding carboxylic acids is 1. The predicted molar refractivity (Wildman–Crippen MR) is 70.4 cm³/mol. The van der Waals surface area contributed by atoms with Crippen LogP contribution in [0.2, 0.25) is 0 Å². The van der Waals surface area contributed by atoms with Gasteiger partial charge < -0.3 is 9.32 Å². The van der Waals surface area contributed by atoms with Gasteiger partial charge in [-0.05, 0) is 36.4 Å². The summed E-state index contributed by atoms with van der Waals surface area (Å²) < 4.78 is 5.44. The minimum atomic E-state index is 0.132. The molecule has 1 atom stereocenters. The van der Waals surface area contributed by atoms with Crippen molar-refractivity contribution in [3.63, 3.8) is 0 Å². The highest BCUT2D eigenvalue weighted by atomic mass is 32.1. The van der Waals surface area contributed by atoms with E-state index in [4.69, 9.17) is 4.42 Å². The first-order valence-electron chi connectivity index (χ1n) is 6.20. The number of amides is 1.